The normalized spacial score (nSPS) is 14.2. The first kappa shape index (κ1) is 18.2. The first-order valence-electron chi connectivity index (χ1n) is 7.93. The van der Waals surface area contributed by atoms with E-state index in [9.17, 15) is 4.79 Å². The number of carbonyl (C=O) groups is 1. The van der Waals surface area contributed by atoms with Gasteiger partial charge in [0.2, 0.25) is 5.91 Å². The third-order valence-corrected chi connectivity index (χ3v) is 5.24. The first-order chi connectivity index (χ1) is 9.95. The standard InChI is InChI=1S/C17H30N2OS/c1-13(2)15(9-10-18)7-8-17(20)19(4)14(3)12-16-6-5-11-21-16/h5-6,11,13-15H,7-10,12,18H2,1-4H3. The third kappa shape index (κ3) is 6.18. The highest BCUT2D eigenvalue weighted by molar-refractivity contribution is 7.09. The van der Waals surface area contributed by atoms with Gasteiger partial charge in [-0.25, -0.2) is 0 Å². The molecular weight excluding hydrogens is 280 g/mol. The molecule has 2 unspecified atom stereocenters. The molecule has 1 heterocycles. The highest BCUT2D eigenvalue weighted by Crippen LogP contribution is 2.21. The van der Waals surface area contributed by atoms with Crippen LogP contribution in [0.5, 0.6) is 0 Å². The van der Waals surface area contributed by atoms with Crippen molar-refractivity contribution in [3.8, 4) is 0 Å². The number of nitrogens with two attached hydrogens (primary N) is 1. The molecule has 0 spiro atoms. The molecule has 0 bridgehead atoms. The Morgan fingerprint density at radius 2 is 2.05 bits per heavy atom. The number of nitrogens with zero attached hydrogens (tertiary/aromatic N) is 1. The van der Waals surface area contributed by atoms with Crippen molar-refractivity contribution in [2.75, 3.05) is 13.6 Å². The summed E-state index contributed by atoms with van der Waals surface area (Å²) in [6.45, 7) is 7.26. The topological polar surface area (TPSA) is 46.3 Å². The van der Waals surface area contributed by atoms with Crippen LogP contribution in [0, 0.1) is 11.8 Å². The SMILES string of the molecule is CC(C)C(CCN)CCC(=O)N(C)C(C)Cc1cccs1. The number of hydrogen-bond donors (Lipinski definition) is 1. The van der Waals surface area contributed by atoms with E-state index in [0.29, 0.717) is 24.8 Å². The molecule has 21 heavy (non-hydrogen) atoms. The molecular formula is C17H30N2OS. The van der Waals surface area contributed by atoms with Crippen LogP contribution >= 0.6 is 11.3 Å². The maximum Gasteiger partial charge on any atom is 0.222 e. The third-order valence-electron chi connectivity index (χ3n) is 4.34. The van der Waals surface area contributed by atoms with Crippen molar-refractivity contribution in [2.45, 2.75) is 52.5 Å². The van der Waals surface area contributed by atoms with Crippen LogP contribution in [0.4, 0.5) is 0 Å². The summed E-state index contributed by atoms with van der Waals surface area (Å²) in [5.74, 6) is 1.40. The Labute approximate surface area is 133 Å². The van der Waals surface area contributed by atoms with Crippen LogP contribution in [0.3, 0.4) is 0 Å². The second-order valence-electron chi connectivity index (χ2n) is 6.26. The van der Waals surface area contributed by atoms with Gasteiger partial charge in [0.15, 0.2) is 0 Å². The summed E-state index contributed by atoms with van der Waals surface area (Å²) in [4.78, 5) is 15.6. The van der Waals surface area contributed by atoms with Gasteiger partial charge in [0.1, 0.15) is 0 Å². The number of thiophene rings is 1. The van der Waals surface area contributed by atoms with E-state index in [1.165, 1.54) is 4.88 Å². The van der Waals surface area contributed by atoms with E-state index in [4.69, 9.17) is 5.73 Å². The van der Waals surface area contributed by atoms with Crippen molar-refractivity contribution in [3.05, 3.63) is 22.4 Å². The molecule has 0 aromatic carbocycles. The van der Waals surface area contributed by atoms with Crippen molar-refractivity contribution < 1.29 is 4.79 Å². The van der Waals surface area contributed by atoms with Crippen LogP contribution in [-0.4, -0.2) is 30.4 Å². The van der Waals surface area contributed by atoms with Gasteiger partial charge in [0.25, 0.3) is 0 Å². The van der Waals surface area contributed by atoms with Crippen LogP contribution in [0.25, 0.3) is 0 Å². The Balaban J connectivity index is 2.42. The molecule has 0 saturated carbocycles. The van der Waals surface area contributed by atoms with Gasteiger partial charge in [-0.15, -0.1) is 11.3 Å². The van der Waals surface area contributed by atoms with Crippen LogP contribution in [0.2, 0.25) is 0 Å². The predicted molar refractivity (Wildman–Crippen MR) is 91.5 cm³/mol. The van der Waals surface area contributed by atoms with Gasteiger partial charge in [-0.3, -0.25) is 4.79 Å². The highest BCUT2D eigenvalue weighted by atomic mass is 32.1. The van der Waals surface area contributed by atoms with Crippen molar-refractivity contribution in [3.63, 3.8) is 0 Å². The molecule has 1 aromatic heterocycles. The monoisotopic (exact) mass is 310 g/mol. The molecule has 1 amide bonds. The summed E-state index contributed by atoms with van der Waals surface area (Å²) in [6.07, 6.45) is 3.54. The minimum atomic E-state index is 0.252. The van der Waals surface area contributed by atoms with E-state index in [1.54, 1.807) is 11.3 Å². The summed E-state index contributed by atoms with van der Waals surface area (Å²) in [7, 11) is 1.92. The fourth-order valence-corrected chi connectivity index (χ4v) is 3.44. The number of hydrogen-bond acceptors (Lipinski definition) is 3. The van der Waals surface area contributed by atoms with Gasteiger partial charge in [-0.1, -0.05) is 19.9 Å². The summed E-state index contributed by atoms with van der Waals surface area (Å²) in [5.41, 5.74) is 5.66. The largest absolute Gasteiger partial charge is 0.343 e. The lowest BCUT2D eigenvalue weighted by atomic mass is 9.88. The quantitative estimate of drug-likeness (QED) is 0.758. The van der Waals surface area contributed by atoms with Gasteiger partial charge in [-0.05, 0) is 49.6 Å². The average molecular weight is 311 g/mol. The van der Waals surface area contributed by atoms with Crippen molar-refractivity contribution in [2.24, 2.45) is 17.6 Å². The molecule has 0 aliphatic rings. The van der Waals surface area contributed by atoms with Crippen LogP contribution in [0.15, 0.2) is 17.5 Å². The minimum Gasteiger partial charge on any atom is -0.343 e. The van der Waals surface area contributed by atoms with E-state index < -0.39 is 0 Å². The number of carbonyl (C=O) groups excluding carboxylic acids is 1. The minimum absolute atomic E-state index is 0.252. The second kappa shape index (κ2) is 9.21. The summed E-state index contributed by atoms with van der Waals surface area (Å²) in [5, 5.41) is 2.09. The van der Waals surface area contributed by atoms with E-state index >= 15 is 0 Å². The summed E-state index contributed by atoms with van der Waals surface area (Å²) < 4.78 is 0. The van der Waals surface area contributed by atoms with E-state index in [2.05, 4.69) is 38.3 Å². The fraction of sp³-hybridized carbons (Fsp3) is 0.706. The Bertz CT molecular complexity index is 403. The molecule has 0 saturated heterocycles. The number of rotatable bonds is 9. The summed E-state index contributed by atoms with van der Waals surface area (Å²) in [6, 6.07) is 4.45. The molecule has 1 aromatic rings. The van der Waals surface area contributed by atoms with Crippen molar-refractivity contribution >= 4 is 17.2 Å². The number of amides is 1. The Kier molecular flexibility index (Phi) is 7.97. The predicted octanol–water partition coefficient (Wildman–Crippen LogP) is 3.54. The van der Waals surface area contributed by atoms with Crippen LogP contribution in [0.1, 0.15) is 44.9 Å². The Hall–Kier alpha value is -0.870. The van der Waals surface area contributed by atoms with Crippen LogP contribution in [-0.2, 0) is 11.2 Å². The molecule has 3 nitrogen and oxygen atoms in total. The molecule has 120 valence electrons. The lowest BCUT2D eigenvalue weighted by Crippen LogP contribution is -2.36. The lowest BCUT2D eigenvalue weighted by molar-refractivity contribution is -0.132. The molecule has 0 fully saturated rings. The second-order valence-corrected chi connectivity index (χ2v) is 7.29. The number of likely N-dealkylation sites (N-methyl/N-ethyl adjacent to an activating group) is 1. The van der Waals surface area contributed by atoms with Crippen molar-refractivity contribution in [1.29, 1.82) is 0 Å². The smallest absolute Gasteiger partial charge is 0.222 e. The molecule has 2 N–H and O–H groups in total. The molecule has 4 heteroatoms. The van der Waals surface area contributed by atoms with E-state index in [1.807, 2.05) is 11.9 Å². The van der Waals surface area contributed by atoms with Gasteiger partial charge < -0.3 is 10.6 Å². The molecule has 2 atom stereocenters. The van der Waals surface area contributed by atoms with E-state index in [-0.39, 0.29) is 11.9 Å². The molecule has 1 rings (SSSR count). The first-order valence-corrected chi connectivity index (χ1v) is 8.81. The Morgan fingerprint density at radius 3 is 2.57 bits per heavy atom. The van der Waals surface area contributed by atoms with Crippen LogP contribution < -0.4 is 5.73 Å². The highest BCUT2D eigenvalue weighted by Gasteiger charge is 2.19. The van der Waals surface area contributed by atoms with Crippen molar-refractivity contribution in [1.82, 2.24) is 4.90 Å². The summed E-state index contributed by atoms with van der Waals surface area (Å²) >= 11 is 1.76. The Morgan fingerprint density at radius 1 is 1.33 bits per heavy atom. The zero-order valence-corrected chi connectivity index (χ0v) is 14.7. The molecule has 0 aliphatic heterocycles. The van der Waals surface area contributed by atoms with Gasteiger partial charge in [-0.2, -0.15) is 0 Å². The van der Waals surface area contributed by atoms with E-state index in [0.717, 1.165) is 19.3 Å². The zero-order chi connectivity index (χ0) is 15.8. The maximum absolute atomic E-state index is 12.3. The van der Waals surface area contributed by atoms with Gasteiger partial charge in [0, 0.05) is 30.8 Å². The van der Waals surface area contributed by atoms with Gasteiger partial charge in [0.05, 0.1) is 0 Å². The maximum atomic E-state index is 12.3. The fourth-order valence-electron chi connectivity index (χ4n) is 2.61. The lowest BCUT2D eigenvalue weighted by Gasteiger charge is -2.26. The van der Waals surface area contributed by atoms with Gasteiger partial charge >= 0.3 is 0 Å². The molecule has 0 aliphatic carbocycles. The zero-order valence-electron chi connectivity index (χ0n) is 13.8. The average Bonchev–Trinajstić information content (AvgIpc) is 2.94. The molecule has 0 radical (unpaired) electrons.